The summed E-state index contributed by atoms with van der Waals surface area (Å²) in [6.45, 7) is -3.95. The summed E-state index contributed by atoms with van der Waals surface area (Å²) in [7, 11) is 0. The van der Waals surface area contributed by atoms with Gasteiger partial charge < -0.3 is 24.8 Å². The van der Waals surface area contributed by atoms with Gasteiger partial charge in [0.1, 0.15) is 5.69 Å². The van der Waals surface area contributed by atoms with Crippen molar-refractivity contribution in [2.45, 2.75) is 30.9 Å². The van der Waals surface area contributed by atoms with Crippen LogP contribution in [0.15, 0.2) is 48.5 Å². The maximum absolute atomic E-state index is 15.2. The van der Waals surface area contributed by atoms with E-state index in [1.807, 2.05) is 5.32 Å². The first-order valence-electron chi connectivity index (χ1n) is 11.6. The molecule has 2 N–H and O–H groups in total. The smallest absolute Gasteiger partial charge is 0.433 e. The standard InChI is InChI=1S/C25H11ClF12N2O5/c26-12-7-10(22(30,23(31,32)33)24(34,35)36)8-16(43-21(28)29)18(12)40-20(42)11-2-1-3-13(17(11)27)39-19(41)9-4-5-14-15(6-9)45-25(37,38)44-14/h1-8,21H,(H,39,41)(H,40,42). The fourth-order valence-electron chi connectivity index (χ4n) is 3.85. The van der Waals surface area contributed by atoms with Gasteiger partial charge in [-0.15, -0.1) is 8.78 Å². The summed E-state index contributed by atoms with van der Waals surface area (Å²) >= 11 is 5.66. The second kappa shape index (κ2) is 11.4. The molecule has 3 aromatic rings. The third kappa shape index (κ3) is 6.47. The van der Waals surface area contributed by atoms with Crippen molar-refractivity contribution in [1.82, 2.24) is 0 Å². The van der Waals surface area contributed by atoms with E-state index in [4.69, 9.17) is 11.6 Å². The topological polar surface area (TPSA) is 85.9 Å². The zero-order chi connectivity index (χ0) is 33.7. The molecule has 0 bridgehead atoms. The maximum atomic E-state index is 15.2. The minimum atomic E-state index is -6.67. The summed E-state index contributed by atoms with van der Waals surface area (Å²) in [4.78, 5) is 25.4. The van der Waals surface area contributed by atoms with Crippen molar-refractivity contribution >= 4 is 34.8 Å². The molecule has 20 heteroatoms. The first kappa shape index (κ1) is 33.3. The van der Waals surface area contributed by atoms with Gasteiger partial charge in [0, 0.05) is 11.1 Å². The molecule has 0 fully saturated rings. The Balaban J connectivity index is 1.65. The number of fused-ring (bicyclic) bond motifs is 1. The molecule has 0 saturated carbocycles. The third-order valence-electron chi connectivity index (χ3n) is 5.84. The highest BCUT2D eigenvalue weighted by Crippen LogP contribution is 2.55. The molecule has 0 aliphatic carbocycles. The van der Waals surface area contributed by atoms with E-state index in [0.29, 0.717) is 0 Å². The van der Waals surface area contributed by atoms with E-state index in [1.54, 1.807) is 5.32 Å². The molecule has 1 aliphatic heterocycles. The number of carbonyl (C=O) groups excluding carboxylic acids is 2. The van der Waals surface area contributed by atoms with Crippen molar-refractivity contribution in [3.8, 4) is 17.2 Å². The van der Waals surface area contributed by atoms with Crippen molar-refractivity contribution in [3.05, 3.63) is 76.1 Å². The van der Waals surface area contributed by atoms with E-state index in [1.165, 1.54) is 0 Å². The van der Waals surface area contributed by atoms with E-state index in [0.717, 1.165) is 36.4 Å². The van der Waals surface area contributed by atoms with E-state index in [9.17, 15) is 57.9 Å². The quantitative estimate of drug-likeness (QED) is 0.246. The number of alkyl halides is 11. The Hall–Kier alpha value is -4.55. The predicted octanol–water partition coefficient (Wildman–Crippen LogP) is 8.20. The van der Waals surface area contributed by atoms with Gasteiger partial charge in [-0.3, -0.25) is 9.59 Å². The van der Waals surface area contributed by atoms with Crippen molar-refractivity contribution in [2.24, 2.45) is 0 Å². The first-order chi connectivity index (χ1) is 20.6. The lowest BCUT2D eigenvalue weighted by Gasteiger charge is -2.31. The van der Waals surface area contributed by atoms with Crippen LogP contribution in [-0.4, -0.2) is 37.1 Å². The number of hydrogen-bond acceptors (Lipinski definition) is 5. The van der Waals surface area contributed by atoms with Gasteiger partial charge in [0.25, 0.3) is 11.8 Å². The van der Waals surface area contributed by atoms with Gasteiger partial charge >= 0.3 is 30.9 Å². The summed E-state index contributed by atoms with van der Waals surface area (Å²) in [5.74, 6) is -6.87. The van der Waals surface area contributed by atoms with Crippen LogP contribution >= 0.6 is 11.6 Å². The van der Waals surface area contributed by atoms with Crippen LogP contribution in [-0.2, 0) is 5.67 Å². The molecular formula is C25H11ClF12N2O5. The molecule has 0 spiro atoms. The summed E-state index contributed by atoms with van der Waals surface area (Å²) in [5.41, 5.74) is -11.7. The molecule has 0 atom stereocenters. The third-order valence-corrected chi connectivity index (χ3v) is 6.14. The summed E-state index contributed by atoms with van der Waals surface area (Å²) < 4.78 is 174. The largest absolute Gasteiger partial charge is 0.586 e. The highest BCUT2D eigenvalue weighted by Gasteiger charge is 2.73. The Morgan fingerprint density at radius 2 is 1.47 bits per heavy atom. The number of carbonyl (C=O) groups is 2. The second-order valence-corrected chi connectivity index (χ2v) is 9.18. The summed E-state index contributed by atoms with van der Waals surface area (Å²) in [6.07, 6.45) is -17.3. The van der Waals surface area contributed by atoms with Crippen LogP contribution in [0.4, 0.5) is 64.1 Å². The number of amides is 2. The van der Waals surface area contributed by atoms with Crippen molar-refractivity contribution in [2.75, 3.05) is 10.6 Å². The van der Waals surface area contributed by atoms with Crippen LogP contribution in [0.3, 0.4) is 0 Å². The number of halogens is 13. The average Bonchev–Trinajstić information content (AvgIpc) is 3.22. The van der Waals surface area contributed by atoms with Crippen LogP contribution in [0.2, 0.25) is 5.02 Å². The lowest BCUT2D eigenvalue weighted by atomic mass is 9.93. The number of anilines is 2. The summed E-state index contributed by atoms with van der Waals surface area (Å²) in [5, 5.41) is 2.34. The van der Waals surface area contributed by atoms with Gasteiger partial charge in [0.2, 0.25) is 0 Å². The molecule has 7 nitrogen and oxygen atoms in total. The molecule has 0 unspecified atom stereocenters. The van der Waals surface area contributed by atoms with Crippen LogP contribution in [0, 0.1) is 5.82 Å². The van der Waals surface area contributed by atoms with Crippen LogP contribution < -0.4 is 24.8 Å². The molecule has 0 radical (unpaired) electrons. The molecule has 242 valence electrons. The molecule has 2 amide bonds. The number of benzene rings is 3. The van der Waals surface area contributed by atoms with Crippen molar-refractivity contribution < 1.29 is 76.5 Å². The normalized spacial score (nSPS) is 14.4. The van der Waals surface area contributed by atoms with Gasteiger partial charge in [-0.2, -0.15) is 35.1 Å². The molecular weight excluding hydrogens is 672 g/mol. The molecule has 1 aliphatic rings. The minimum absolute atomic E-state index is 0.259. The molecule has 3 aromatic carbocycles. The number of rotatable bonds is 7. The van der Waals surface area contributed by atoms with Gasteiger partial charge in [-0.05, 0) is 42.5 Å². The lowest BCUT2D eigenvalue weighted by Crippen LogP contribution is -2.50. The van der Waals surface area contributed by atoms with Crippen LogP contribution in [0.25, 0.3) is 0 Å². The predicted molar refractivity (Wildman–Crippen MR) is 128 cm³/mol. The zero-order valence-corrected chi connectivity index (χ0v) is 21.9. The lowest BCUT2D eigenvalue weighted by molar-refractivity contribution is -0.348. The van der Waals surface area contributed by atoms with E-state index in [-0.39, 0.29) is 11.6 Å². The zero-order valence-electron chi connectivity index (χ0n) is 21.2. The van der Waals surface area contributed by atoms with Gasteiger partial charge in [0.15, 0.2) is 23.1 Å². The summed E-state index contributed by atoms with van der Waals surface area (Å²) in [6, 6.07) is 4.70. The Morgan fingerprint density at radius 1 is 0.844 bits per heavy atom. The highest BCUT2D eigenvalue weighted by atomic mass is 35.5. The number of nitrogens with one attached hydrogen (secondary N) is 2. The van der Waals surface area contributed by atoms with Gasteiger partial charge in [-0.1, -0.05) is 17.7 Å². The van der Waals surface area contributed by atoms with E-state index in [2.05, 4.69) is 14.2 Å². The Bertz CT molecular complexity index is 1650. The van der Waals surface area contributed by atoms with Gasteiger partial charge in [0.05, 0.1) is 16.3 Å². The first-order valence-corrected chi connectivity index (χ1v) is 11.9. The van der Waals surface area contributed by atoms with E-state index >= 15 is 4.39 Å². The minimum Gasteiger partial charge on any atom is -0.433 e. The molecule has 0 aromatic heterocycles. The van der Waals surface area contributed by atoms with Crippen LogP contribution in [0.5, 0.6) is 17.2 Å². The monoisotopic (exact) mass is 682 g/mol. The Labute approximate surface area is 246 Å². The molecule has 4 rings (SSSR count). The Kier molecular flexibility index (Phi) is 8.47. The number of hydrogen-bond donors (Lipinski definition) is 2. The molecule has 45 heavy (non-hydrogen) atoms. The molecule has 1 heterocycles. The molecule has 0 saturated heterocycles. The van der Waals surface area contributed by atoms with Crippen molar-refractivity contribution in [3.63, 3.8) is 0 Å². The fourth-order valence-corrected chi connectivity index (χ4v) is 4.11. The van der Waals surface area contributed by atoms with Gasteiger partial charge in [-0.25, -0.2) is 8.78 Å². The van der Waals surface area contributed by atoms with Crippen LogP contribution in [0.1, 0.15) is 26.3 Å². The highest BCUT2D eigenvalue weighted by molar-refractivity contribution is 6.34. The van der Waals surface area contributed by atoms with E-state index < -0.39 is 99.4 Å². The SMILES string of the molecule is O=C(Nc1cccc(C(=O)Nc2c(Cl)cc(C(F)(C(F)(F)F)C(F)(F)F)cc2OC(F)F)c1F)c1ccc2c(c1)OC(F)(F)O2. The van der Waals surface area contributed by atoms with Crippen molar-refractivity contribution in [1.29, 1.82) is 0 Å². The fraction of sp³-hybridized carbons (Fsp3) is 0.200. The second-order valence-electron chi connectivity index (χ2n) is 8.77. The number of ether oxygens (including phenoxy) is 3. The maximum Gasteiger partial charge on any atom is 0.586 e. The average molecular weight is 683 g/mol. The Morgan fingerprint density at radius 3 is 2.07 bits per heavy atom.